The molecule has 0 bridgehead atoms. The van der Waals surface area contributed by atoms with Gasteiger partial charge >= 0.3 is 0 Å². The number of carbonyl (C=O) groups is 2. The van der Waals surface area contributed by atoms with Crippen molar-refractivity contribution in [2.75, 3.05) is 46.3 Å². The second-order valence-electron chi connectivity index (χ2n) is 11.4. The van der Waals surface area contributed by atoms with Crippen LogP contribution in [0.25, 0.3) is 10.9 Å². The monoisotopic (exact) mass is 493 g/mol. The number of fused-ring (bicyclic) bond motifs is 3. The van der Waals surface area contributed by atoms with Gasteiger partial charge in [0.05, 0.1) is 6.54 Å². The molecule has 1 N–H and O–H groups in total. The van der Waals surface area contributed by atoms with Crippen molar-refractivity contribution in [2.24, 2.45) is 0 Å². The van der Waals surface area contributed by atoms with E-state index in [0.717, 1.165) is 62.9 Å². The molecule has 1 aliphatic carbocycles. The van der Waals surface area contributed by atoms with Gasteiger partial charge in [0.15, 0.2) is 0 Å². The van der Waals surface area contributed by atoms with Gasteiger partial charge in [0, 0.05) is 49.7 Å². The van der Waals surface area contributed by atoms with Crippen LogP contribution in [0.5, 0.6) is 0 Å². The van der Waals surface area contributed by atoms with Gasteiger partial charge in [0.2, 0.25) is 5.91 Å². The third-order valence-electron chi connectivity index (χ3n) is 8.72. The molecule has 2 amide bonds. The minimum absolute atomic E-state index is 0.00412. The lowest BCUT2D eigenvalue weighted by Gasteiger charge is -2.45. The van der Waals surface area contributed by atoms with E-state index in [1.807, 2.05) is 30.0 Å². The minimum atomic E-state index is -0.906. The van der Waals surface area contributed by atoms with E-state index in [0.29, 0.717) is 18.8 Å². The van der Waals surface area contributed by atoms with Crippen molar-refractivity contribution >= 4 is 22.7 Å². The number of likely N-dealkylation sites (N-methyl/N-ethyl adjacent to an activating group) is 1. The summed E-state index contributed by atoms with van der Waals surface area (Å²) < 4.78 is 2.08. The largest absolute Gasteiger partial charge is 0.351 e. The summed E-state index contributed by atoms with van der Waals surface area (Å²) in [5, 5.41) is 4.46. The molecule has 36 heavy (non-hydrogen) atoms. The van der Waals surface area contributed by atoms with Gasteiger partial charge in [-0.05, 0) is 51.9 Å². The number of nitrogens with zero attached hydrogens (tertiary/aromatic N) is 4. The fraction of sp³-hybridized carbons (Fsp3) is 0.655. The summed E-state index contributed by atoms with van der Waals surface area (Å²) in [4.78, 5) is 34.6. The topological polar surface area (TPSA) is 60.8 Å². The van der Waals surface area contributed by atoms with Gasteiger partial charge in [-0.1, -0.05) is 50.3 Å². The lowest BCUT2D eigenvalue weighted by molar-refractivity contribution is -0.133. The Morgan fingerprint density at radius 2 is 1.69 bits per heavy atom. The van der Waals surface area contributed by atoms with Crippen molar-refractivity contribution in [3.05, 3.63) is 36.0 Å². The Kier molecular flexibility index (Phi) is 7.68. The second-order valence-corrected chi connectivity index (χ2v) is 11.4. The molecule has 196 valence electrons. The van der Waals surface area contributed by atoms with E-state index in [2.05, 4.69) is 38.9 Å². The number of carbonyl (C=O) groups excluding carboxylic acids is 2. The zero-order valence-corrected chi connectivity index (χ0v) is 22.2. The summed E-state index contributed by atoms with van der Waals surface area (Å²) >= 11 is 0. The van der Waals surface area contributed by atoms with Gasteiger partial charge in [0.25, 0.3) is 5.91 Å². The van der Waals surface area contributed by atoms with Crippen LogP contribution in [-0.2, 0) is 11.3 Å². The number of rotatable bonds is 6. The van der Waals surface area contributed by atoms with Gasteiger partial charge in [0.1, 0.15) is 11.2 Å². The summed E-state index contributed by atoms with van der Waals surface area (Å²) in [6.45, 7) is 8.35. The van der Waals surface area contributed by atoms with Gasteiger partial charge in [-0.15, -0.1) is 0 Å². The molecule has 3 aliphatic rings. The van der Waals surface area contributed by atoms with E-state index in [1.54, 1.807) is 0 Å². The highest BCUT2D eigenvalue weighted by Crippen LogP contribution is 2.33. The Bertz CT molecular complexity index is 1060. The number of amides is 2. The highest BCUT2D eigenvalue weighted by atomic mass is 16.2. The number of hydrogen-bond acceptors (Lipinski definition) is 4. The molecule has 0 unspecified atom stereocenters. The van der Waals surface area contributed by atoms with Crippen molar-refractivity contribution in [2.45, 2.75) is 76.4 Å². The van der Waals surface area contributed by atoms with Gasteiger partial charge in [-0.25, -0.2) is 0 Å². The number of hydrogen-bond donors (Lipinski definition) is 1. The Morgan fingerprint density at radius 3 is 2.44 bits per heavy atom. The Labute approximate surface area is 215 Å². The molecule has 1 aromatic heterocycles. The maximum absolute atomic E-state index is 14.0. The van der Waals surface area contributed by atoms with E-state index in [1.165, 1.54) is 32.1 Å². The Morgan fingerprint density at radius 1 is 1.00 bits per heavy atom. The van der Waals surface area contributed by atoms with Gasteiger partial charge in [-0.2, -0.15) is 0 Å². The molecule has 2 aromatic rings. The molecule has 1 saturated carbocycles. The molecule has 2 fully saturated rings. The van der Waals surface area contributed by atoms with Crippen LogP contribution in [0.2, 0.25) is 0 Å². The standard InChI is InChI=1S/C29H43N5O2/c1-29(28(36)30-24-12-6-4-3-5-7-13-24)22-33-25-14-9-8-11-23(25)21-26(33)27(35)34(29)16-10-15-32-19-17-31(2)18-20-32/h8-9,11,14,21,24H,3-7,10,12-13,15-20,22H2,1-2H3,(H,30,36)/t29-/m0/s1. The Balaban J connectivity index is 1.37. The lowest BCUT2D eigenvalue weighted by atomic mass is 9.92. The van der Waals surface area contributed by atoms with Gasteiger partial charge in [-0.3, -0.25) is 9.59 Å². The summed E-state index contributed by atoms with van der Waals surface area (Å²) in [7, 11) is 2.17. The fourth-order valence-electron chi connectivity index (χ4n) is 6.32. The molecule has 2 aliphatic heterocycles. The maximum Gasteiger partial charge on any atom is 0.271 e. The first-order chi connectivity index (χ1) is 17.5. The first kappa shape index (κ1) is 25.3. The number of benzene rings is 1. The first-order valence-corrected chi connectivity index (χ1v) is 14.1. The van der Waals surface area contributed by atoms with Gasteiger partial charge < -0.3 is 24.6 Å². The predicted molar refractivity (Wildman–Crippen MR) is 144 cm³/mol. The van der Waals surface area contributed by atoms with Crippen LogP contribution in [0, 0.1) is 0 Å². The SMILES string of the molecule is CN1CCN(CCCN2C(=O)c3cc4ccccc4n3C[C@@]2(C)C(=O)NC2CCCCCCC2)CC1. The maximum atomic E-state index is 14.0. The zero-order chi connectivity index (χ0) is 25.1. The van der Waals surface area contributed by atoms with Crippen LogP contribution >= 0.6 is 0 Å². The normalized spacial score (nSPS) is 24.9. The second kappa shape index (κ2) is 10.9. The number of para-hydroxylation sites is 1. The molecule has 1 aromatic carbocycles. The average Bonchev–Trinajstić information content (AvgIpc) is 3.22. The highest BCUT2D eigenvalue weighted by molar-refractivity contribution is 6.03. The van der Waals surface area contributed by atoms with E-state index in [9.17, 15) is 9.59 Å². The van der Waals surface area contributed by atoms with Crippen molar-refractivity contribution in [1.29, 1.82) is 0 Å². The van der Waals surface area contributed by atoms with Crippen LogP contribution in [0.15, 0.2) is 30.3 Å². The average molecular weight is 494 g/mol. The predicted octanol–water partition coefficient (Wildman–Crippen LogP) is 3.72. The van der Waals surface area contributed by atoms with Crippen LogP contribution in [-0.4, -0.2) is 89.0 Å². The first-order valence-electron chi connectivity index (χ1n) is 14.1. The molecule has 3 heterocycles. The van der Waals surface area contributed by atoms with E-state index < -0.39 is 5.54 Å². The van der Waals surface area contributed by atoms with Crippen molar-refractivity contribution in [1.82, 2.24) is 24.6 Å². The molecule has 7 nitrogen and oxygen atoms in total. The molecule has 1 saturated heterocycles. The highest BCUT2D eigenvalue weighted by Gasteiger charge is 2.47. The number of nitrogens with one attached hydrogen (secondary N) is 1. The van der Waals surface area contributed by atoms with Crippen LogP contribution in [0.3, 0.4) is 0 Å². The van der Waals surface area contributed by atoms with Crippen molar-refractivity contribution in [3.8, 4) is 0 Å². The smallest absolute Gasteiger partial charge is 0.271 e. The Hall–Kier alpha value is -2.38. The van der Waals surface area contributed by atoms with Crippen LogP contribution in [0.4, 0.5) is 0 Å². The van der Waals surface area contributed by atoms with Crippen molar-refractivity contribution in [3.63, 3.8) is 0 Å². The van der Waals surface area contributed by atoms with Crippen LogP contribution in [0.1, 0.15) is 68.8 Å². The minimum Gasteiger partial charge on any atom is -0.351 e. The molecule has 0 spiro atoms. The number of piperazine rings is 1. The molecular formula is C29H43N5O2. The number of aromatic nitrogens is 1. The molecule has 5 rings (SSSR count). The summed E-state index contributed by atoms with van der Waals surface area (Å²) in [5.41, 5.74) is 0.825. The fourth-order valence-corrected chi connectivity index (χ4v) is 6.32. The van der Waals surface area contributed by atoms with Crippen molar-refractivity contribution < 1.29 is 9.59 Å². The quantitative estimate of drug-likeness (QED) is 0.666. The zero-order valence-electron chi connectivity index (χ0n) is 22.2. The summed E-state index contributed by atoms with van der Waals surface area (Å²) in [5.74, 6) is -0.0180. The van der Waals surface area contributed by atoms with E-state index in [4.69, 9.17) is 0 Å². The van der Waals surface area contributed by atoms with E-state index in [-0.39, 0.29) is 17.9 Å². The van der Waals surface area contributed by atoms with Crippen LogP contribution < -0.4 is 5.32 Å². The molecule has 7 heteroatoms. The summed E-state index contributed by atoms with van der Waals surface area (Å²) in [6.07, 6.45) is 9.09. The molecule has 1 atom stereocenters. The molecular weight excluding hydrogens is 450 g/mol. The molecule has 0 radical (unpaired) electrons. The summed E-state index contributed by atoms with van der Waals surface area (Å²) in [6, 6.07) is 10.3. The lowest BCUT2D eigenvalue weighted by Crippen LogP contribution is -2.65. The third-order valence-corrected chi connectivity index (χ3v) is 8.72. The van der Waals surface area contributed by atoms with E-state index >= 15 is 0 Å². The third kappa shape index (κ3) is 5.18.